The second-order valence-electron chi connectivity index (χ2n) is 4.58. The van der Waals surface area contributed by atoms with E-state index in [1.807, 2.05) is 37.3 Å². The van der Waals surface area contributed by atoms with Crippen LogP contribution in [0.25, 0.3) is 0 Å². The lowest BCUT2D eigenvalue weighted by Crippen LogP contribution is -2.29. The molecule has 0 saturated carbocycles. The molecule has 0 radical (unpaired) electrons. The van der Waals surface area contributed by atoms with E-state index in [9.17, 15) is 9.59 Å². The zero-order valence-electron chi connectivity index (χ0n) is 11.4. The molecule has 0 fully saturated rings. The molecule has 1 aliphatic rings. The molecule has 2 N–H and O–H groups in total. The highest BCUT2D eigenvalue weighted by molar-refractivity contribution is 6.09. The minimum absolute atomic E-state index is 0.0483. The van der Waals surface area contributed by atoms with Crippen LogP contribution in [-0.4, -0.2) is 23.2 Å². The normalized spacial score (nSPS) is 18.5. The number of hydrogen-bond donors (Lipinski definition) is 2. The van der Waals surface area contributed by atoms with Crippen molar-refractivity contribution in [1.82, 2.24) is 10.9 Å². The van der Waals surface area contributed by atoms with Crippen molar-refractivity contribution in [2.75, 3.05) is 0 Å². The summed E-state index contributed by atoms with van der Waals surface area (Å²) < 4.78 is 0. The molecule has 0 aromatic heterocycles. The van der Waals surface area contributed by atoms with Crippen LogP contribution in [-0.2, 0) is 9.59 Å². The minimum Gasteiger partial charge on any atom is -0.273 e. The van der Waals surface area contributed by atoms with Gasteiger partial charge in [-0.25, -0.2) is 10.9 Å². The SMILES string of the molecule is CC1=NNC(=O)[C@H]1CC(=O)N/N=C(\C)c1ccccc1. The molecule has 6 nitrogen and oxygen atoms in total. The summed E-state index contributed by atoms with van der Waals surface area (Å²) in [5.41, 5.74) is 7.07. The van der Waals surface area contributed by atoms with Crippen molar-refractivity contribution < 1.29 is 9.59 Å². The zero-order valence-corrected chi connectivity index (χ0v) is 11.4. The maximum atomic E-state index is 11.8. The van der Waals surface area contributed by atoms with Crippen LogP contribution in [0.3, 0.4) is 0 Å². The average Bonchev–Trinajstić information content (AvgIpc) is 2.77. The summed E-state index contributed by atoms with van der Waals surface area (Å²) in [4.78, 5) is 23.2. The minimum atomic E-state index is -0.498. The van der Waals surface area contributed by atoms with E-state index in [4.69, 9.17) is 0 Å². The molecule has 20 heavy (non-hydrogen) atoms. The van der Waals surface area contributed by atoms with Gasteiger partial charge in [0.05, 0.1) is 11.6 Å². The highest BCUT2D eigenvalue weighted by atomic mass is 16.2. The fourth-order valence-corrected chi connectivity index (χ4v) is 1.85. The number of nitrogens with zero attached hydrogens (tertiary/aromatic N) is 2. The lowest BCUT2D eigenvalue weighted by atomic mass is 10.0. The van der Waals surface area contributed by atoms with Gasteiger partial charge in [0, 0.05) is 12.1 Å². The van der Waals surface area contributed by atoms with E-state index in [-0.39, 0.29) is 18.2 Å². The summed E-state index contributed by atoms with van der Waals surface area (Å²) in [6, 6.07) is 9.53. The maximum Gasteiger partial charge on any atom is 0.249 e. The molecule has 1 aliphatic heterocycles. The van der Waals surface area contributed by atoms with Gasteiger partial charge in [0.25, 0.3) is 0 Å². The first kappa shape index (κ1) is 13.9. The summed E-state index contributed by atoms with van der Waals surface area (Å²) in [7, 11) is 0. The highest BCUT2D eigenvalue weighted by Crippen LogP contribution is 2.11. The largest absolute Gasteiger partial charge is 0.273 e. The standard InChI is InChI=1S/C14H16N4O2/c1-9(11-6-4-3-5-7-11)15-17-13(19)8-12-10(2)16-18-14(12)20/h3-7,12H,8H2,1-2H3,(H,17,19)(H,18,20)/b15-9+/t12-/m0/s1. The van der Waals surface area contributed by atoms with Crippen molar-refractivity contribution in [1.29, 1.82) is 0 Å². The van der Waals surface area contributed by atoms with Crippen molar-refractivity contribution >= 4 is 23.2 Å². The monoisotopic (exact) mass is 272 g/mol. The fraction of sp³-hybridized carbons (Fsp3) is 0.286. The molecule has 6 heteroatoms. The van der Waals surface area contributed by atoms with Crippen LogP contribution < -0.4 is 10.9 Å². The van der Waals surface area contributed by atoms with E-state index in [2.05, 4.69) is 21.1 Å². The van der Waals surface area contributed by atoms with E-state index in [0.29, 0.717) is 11.4 Å². The summed E-state index contributed by atoms with van der Waals surface area (Å²) in [6.45, 7) is 3.53. The van der Waals surface area contributed by atoms with Crippen LogP contribution in [0.1, 0.15) is 25.8 Å². The number of nitrogens with one attached hydrogen (secondary N) is 2. The molecule has 2 rings (SSSR count). The maximum absolute atomic E-state index is 11.8. The van der Waals surface area contributed by atoms with Gasteiger partial charge < -0.3 is 0 Å². The molecule has 0 saturated heterocycles. The second-order valence-corrected chi connectivity index (χ2v) is 4.58. The van der Waals surface area contributed by atoms with Gasteiger partial charge in [-0.2, -0.15) is 10.2 Å². The molecule has 0 unspecified atom stereocenters. The third-order valence-electron chi connectivity index (χ3n) is 3.09. The fourth-order valence-electron chi connectivity index (χ4n) is 1.85. The number of carbonyl (C=O) groups excluding carboxylic acids is 2. The quantitative estimate of drug-likeness (QED) is 0.634. The molecule has 0 bridgehead atoms. The Morgan fingerprint density at radius 1 is 1.40 bits per heavy atom. The summed E-state index contributed by atoms with van der Waals surface area (Å²) in [5, 5.41) is 7.83. The molecular formula is C14H16N4O2. The van der Waals surface area contributed by atoms with Gasteiger partial charge in [-0.1, -0.05) is 30.3 Å². The van der Waals surface area contributed by atoms with Crippen LogP contribution in [0.2, 0.25) is 0 Å². The molecule has 1 heterocycles. The number of hydrazone groups is 2. The topological polar surface area (TPSA) is 82.9 Å². The van der Waals surface area contributed by atoms with Crippen molar-refractivity contribution in [3.05, 3.63) is 35.9 Å². The van der Waals surface area contributed by atoms with E-state index in [1.54, 1.807) is 6.92 Å². The Bertz CT molecular complexity index is 578. The predicted octanol–water partition coefficient (Wildman–Crippen LogP) is 1.04. The smallest absolute Gasteiger partial charge is 0.249 e. The predicted molar refractivity (Wildman–Crippen MR) is 76.2 cm³/mol. The number of hydrogen-bond acceptors (Lipinski definition) is 4. The van der Waals surface area contributed by atoms with Gasteiger partial charge in [-0.15, -0.1) is 0 Å². The summed E-state index contributed by atoms with van der Waals surface area (Å²) in [6.07, 6.45) is 0.0483. The Morgan fingerprint density at radius 2 is 2.10 bits per heavy atom. The zero-order chi connectivity index (χ0) is 14.5. The van der Waals surface area contributed by atoms with Gasteiger partial charge in [0.1, 0.15) is 0 Å². The average molecular weight is 272 g/mol. The molecule has 0 spiro atoms. The Balaban J connectivity index is 1.92. The molecule has 1 aromatic rings. The Kier molecular flexibility index (Phi) is 4.24. The van der Waals surface area contributed by atoms with Crippen LogP contribution >= 0.6 is 0 Å². The van der Waals surface area contributed by atoms with Crippen LogP contribution in [0.15, 0.2) is 40.5 Å². The van der Waals surface area contributed by atoms with Gasteiger partial charge >= 0.3 is 0 Å². The number of carbonyl (C=O) groups is 2. The molecule has 1 atom stereocenters. The molecule has 104 valence electrons. The van der Waals surface area contributed by atoms with E-state index < -0.39 is 5.92 Å². The number of rotatable bonds is 4. The summed E-state index contributed by atoms with van der Waals surface area (Å²) >= 11 is 0. The second kappa shape index (κ2) is 6.10. The van der Waals surface area contributed by atoms with Gasteiger partial charge in [-0.3, -0.25) is 9.59 Å². The first-order valence-electron chi connectivity index (χ1n) is 6.30. The molecular weight excluding hydrogens is 256 g/mol. The van der Waals surface area contributed by atoms with Gasteiger partial charge in [0.2, 0.25) is 11.8 Å². The molecule has 2 amide bonds. The Morgan fingerprint density at radius 3 is 2.70 bits per heavy atom. The Labute approximate surface area is 116 Å². The van der Waals surface area contributed by atoms with Crippen molar-refractivity contribution in [2.24, 2.45) is 16.1 Å². The van der Waals surface area contributed by atoms with Crippen LogP contribution in [0.5, 0.6) is 0 Å². The lowest BCUT2D eigenvalue weighted by molar-refractivity contribution is -0.127. The van der Waals surface area contributed by atoms with Crippen LogP contribution in [0.4, 0.5) is 0 Å². The Hall–Kier alpha value is -2.50. The van der Waals surface area contributed by atoms with Gasteiger partial charge in [0.15, 0.2) is 0 Å². The third kappa shape index (κ3) is 3.28. The molecule has 0 aliphatic carbocycles. The van der Waals surface area contributed by atoms with Crippen molar-refractivity contribution in [3.8, 4) is 0 Å². The third-order valence-corrected chi connectivity index (χ3v) is 3.09. The number of amides is 2. The first-order valence-corrected chi connectivity index (χ1v) is 6.30. The lowest BCUT2D eigenvalue weighted by Gasteiger charge is -2.06. The summed E-state index contributed by atoms with van der Waals surface area (Å²) in [5.74, 6) is -1.06. The number of benzene rings is 1. The van der Waals surface area contributed by atoms with Crippen molar-refractivity contribution in [2.45, 2.75) is 20.3 Å². The van der Waals surface area contributed by atoms with E-state index >= 15 is 0 Å². The van der Waals surface area contributed by atoms with E-state index in [0.717, 1.165) is 5.56 Å². The molecule has 1 aromatic carbocycles. The first-order chi connectivity index (χ1) is 9.58. The van der Waals surface area contributed by atoms with Crippen LogP contribution in [0, 0.1) is 5.92 Å². The van der Waals surface area contributed by atoms with E-state index in [1.165, 1.54) is 0 Å². The highest BCUT2D eigenvalue weighted by Gasteiger charge is 2.28. The van der Waals surface area contributed by atoms with Crippen molar-refractivity contribution in [3.63, 3.8) is 0 Å². The van der Waals surface area contributed by atoms with Gasteiger partial charge in [-0.05, 0) is 19.4 Å².